The maximum absolute atomic E-state index is 2.40. The van der Waals surface area contributed by atoms with Gasteiger partial charge in [-0.05, 0) is 5.92 Å². The van der Waals surface area contributed by atoms with Crippen LogP contribution in [-0.4, -0.2) is 0 Å². The van der Waals surface area contributed by atoms with Crippen LogP contribution in [0.25, 0.3) is 0 Å². The largest absolute Gasteiger partial charge is 0.328 e. The molecule has 0 N–H and O–H groups in total. The molecule has 0 aromatic carbocycles. The molecule has 0 bridgehead atoms. The van der Waals surface area contributed by atoms with Gasteiger partial charge in [0.2, 0.25) is 0 Å². The van der Waals surface area contributed by atoms with E-state index in [0.717, 1.165) is 5.92 Å². The van der Waals surface area contributed by atoms with Gasteiger partial charge in [-0.3, -0.25) is 0 Å². The van der Waals surface area contributed by atoms with Crippen molar-refractivity contribution in [2.24, 2.45) is 5.92 Å². The van der Waals surface area contributed by atoms with E-state index in [1.165, 1.54) is 25.7 Å². The van der Waals surface area contributed by atoms with Crippen LogP contribution in [0, 0.1) is 12.3 Å². The Morgan fingerprint density at radius 1 is 1.22 bits per heavy atom. The molecule has 1 rings (SSSR count). The first-order valence-corrected chi connectivity index (χ1v) is 3.21. The van der Waals surface area contributed by atoms with Crippen molar-refractivity contribution < 1.29 is 19.5 Å². The van der Waals surface area contributed by atoms with Crippen molar-refractivity contribution in [1.29, 1.82) is 0 Å². The zero-order valence-electron chi connectivity index (χ0n) is 5.82. The summed E-state index contributed by atoms with van der Waals surface area (Å²) in [6.45, 7) is 2.34. The van der Waals surface area contributed by atoms with Crippen LogP contribution in [0.15, 0.2) is 0 Å². The first-order chi connectivity index (χ1) is 3.39. The van der Waals surface area contributed by atoms with Crippen molar-refractivity contribution in [3.8, 4) is 0 Å². The van der Waals surface area contributed by atoms with Gasteiger partial charge in [0.25, 0.3) is 0 Å². The average molecular weight is 234 g/mol. The van der Waals surface area contributed by atoms with E-state index in [1.54, 1.807) is 0 Å². The van der Waals surface area contributed by atoms with Gasteiger partial charge in [0.15, 0.2) is 0 Å². The molecule has 0 aliphatic heterocycles. The minimum atomic E-state index is 0. The Balaban J connectivity index is 0. The SMILES string of the molecule is CC1CC[CH-]CC1.S.[Rh]. The van der Waals surface area contributed by atoms with E-state index in [0.29, 0.717) is 0 Å². The molecule has 0 aromatic heterocycles. The summed E-state index contributed by atoms with van der Waals surface area (Å²) in [6, 6.07) is 0. The van der Waals surface area contributed by atoms with E-state index in [-0.39, 0.29) is 33.0 Å². The maximum atomic E-state index is 2.40. The van der Waals surface area contributed by atoms with E-state index in [1.807, 2.05) is 0 Å². The molecule has 0 amide bonds. The molecule has 1 aliphatic carbocycles. The van der Waals surface area contributed by atoms with E-state index in [9.17, 15) is 0 Å². The van der Waals surface area contributed by atoms with Crippen LogP contribution >= 0.6 is 13.5 Å². The molecule has 59 valence electrons. The molecule has 0 nitrogen and oxygen atoms in total. The average Bonchev–Trinajstić information content (AvgIpc) is 1.69. The second-order valence-corrected chi connectivity index (χ2v) is 2.55. The molecule has 0 unspecified atom stereocenters. The molecule has 0 saturated heterocycles. The van der Waals surface area contributed by atoms with Crippen molar-refractivity contribution in [3.05, 3.63) is 6.42 Å². The summed E-state index contributed by atoms with van der Waals surface area (Å²) < 4.78 is 0. The first kappa shape index (κ1) is 12.6. The van der Waals surface area contributed by atoms with Crippen molar-refractivity contribution in [2.75, 3.05) is 0 Å². The molecule has 1 aliphatic rings. The van der Waals surface area contributed by atoms with Gasteiger partial charge in [-0.2, -0.15) is 26.3 Å². The number of rotatable bonds is 0. The number of hydrogen-bond donors (Lipinski definition) is 0. The summed E-state index contributed by atoms with van der Waals surface area (Å²) in [7, 11) is 0. The van der Waals surface area contributed by atoms with Crippen LogP contribution < -0.4 is 0 Å². The Morgan fingerprint density at radius 2 is 1.67 bits per heavy atom. The summed E-state index contributed by atoms with van der Waals surface area (Å²) in [5, 5.41) is 0. The molecule has 9 heavy (non-hydrogen) atoms. The number of hydrogen-bond acceptors (Lipinski definition) is 0. The van der Waals surface area contributed by atoms with Gasteiger partial charge in [-0.25, -0.2) is 0 Å². The van der Waals surface area contributed by atoms with Crippen LogP contribution in [-0.2, 0) is 19.5 Å². The van der Waals surface area contributed by atoms with Crippen molar-refractivity contribution in [3.63, 3.8) is 0 Å². The predicted molar refractivity (Wildman–Crippen MR) is 42.3 cm³/mol. The smallest absolute Gasteiger partial charge is 0 e. The Bertz CT molecular complexity index is 50.9. The summed E-state index contributed by atoms with van der Waals surface area (Å²) in [5.41, 5.74) is 0. The molecule has 0 aromatic rings. The van der Waals surface area contributed by atoms with Gasteiger partial charge < -0.3 is 6.42 Å². The Kier molecular flexibility index (Phi) is 9.94. The van der Waals surface area contributed by atoms with Crippen LogP contribution in [0.3, 0.4) is 0 Å². The Labute approximate surface area is 78.0 Å². The molecule has 0 spiro atoms. The molecule has 1 fully saturated rings. The maximum Gasteiger partial charge on any atom is 0 e. The second-order valence-electron chi connectivity index (χ2n) is 2.55. The quantitative estimate of drug-likeness (QED) is 0.446. The zero-order valence-corrected chi connectivity index (χ0v) is 8.46. The van der Waals surface area contributed by atoms with Crippen LogP contribution in [0.1, 0.15) is 32.6 Å². The molecule has 0 heterocycles. The molecule has 0 atom stereocenters. The molecule has 1 saturated carbocycles. The Morgan fingerprint density at radius 3 is 1.89 bits per heavy atom. The van der Waals surface area contributed by atoms with Crippen LogP contribution in [0.2, 0.25) is 0 Å². The van der Waals surface area contributed by atoms with Crippen LogP contribution in [0.4, 0.5) is 0 Å². The van der Waals surface area contributed by atoms with E-state index in [2.05, 4.69) is 13.3 Å². The third kappa shape index (κ3) is 5.42. The summed E-state index contributed by atoms with van der Waals surface area (Å²) in [6.07, 6.45) is 7.99. The summed E-state index contributed by atoms with van der Waals surface area (Å²) in [4.78, 5) is 0. The molecule has 2 heteroatoms. The third-order valence-electron chi connectivity index (χ3n) is 1.73. The van der Waals surface area contributed by atoms with E-state index in [4.69, 9.17) is 0 Å². The normalized spacial score (nSPS) is 19.7. The third-order valence-corrected chi connectivity index (χ3v) is 1.73. The minimum Gasteiger partial charge on any atom is -0.328 e. The summed E-state index contributed by atoms with van der Waals surface area (Å²) >= 11 is 0. The second kappa shape index (κ2) is 7.08. The fourth-order valence-corrected chi connectivity index (χ4v) is 1.09. The molecule has 1 radical (unpaired) electrons. The fourth-order valence-electron chi connectivity index (χ4n) is 1.09. The van der Waals surface area contributed by atoms with Crippen molar-refractivity contribution in [2.45, 2.75) is 32.6 Å². The van der Waals surface area contributed by atoms with E-state index >= 15 is 0 Å². The first-order valence-electron chi connectivity index (χ1n) is 3.21. The predicted octanol–water partition coefficient (Wildman–Crippen LogP) is 2.51. The zero-order chi connectivity index (χ0) is 5.11. The van der Waals surface area contributed by atoms with Gasteiger partial charge in [0.05, 0.1) is 0 Å². The topological polar surface area (TPSA) is 0 Å². The van der Waals surface area contributed by atoms with Gasteiger partial charge in [-0.15, -0.1) is 0 Å². The molecular formula is C7H15RhS-. The monoisotopic (exact) mass is 234 g/mol. The molecular weight excluding hydrogens is 219 g/mol. The Hall–Kier alpha value is 0.973. The summed E-state index contributed by atoms with van der Waals surface area (Å²) in [5.74, 6) is 1.00. The van der Waals surface area contributed by atoms with E-state index < -0.39 is 0 Å². The van der Waals surface area contributed by atoms with Gasteiger partial charge in [-0.1, -0.05) is 19.8 Å². The fraction of sp³-hybridized carbons (Fsp3) is 0.857. The standard InChI is InChI=1S/C7H13.Rh.H2S/c1-7-5-3-2-4-6-7;;/h2,7H,3-6H2,1H3;;1H2/q-1;;. The minimum absolute atomic E-state index is 0. The van der Waals surface area contributed by atoms with Gasteiger partial charge >= 0.3 is 0 Å². The van der Waals surface area contributed by atoms with Crippen molar-refractivity contribution >= 4 is 13.5 Å². The van der Waals surface area contributed by atoms with Gasteiger partial charge in [0, 0.05) is 19.5 Å². The van der Waals surface area contributed by atoms with Crippen LogP contribution in [0.5, 0.6) is 0 Å². The van der Waals surface area contributed by atoms with Crippen molar-refractivity contribution in [1.82, 2.24) is 0 Å². The van der Waals surface area contributed by atoms with Gasteiger partial charge in [0.1, 0.15) is 0 Å².